The van der Waals surface area contributed by atoms with Crippen LogP contribution in [0.25, 0.3) is 0 Å². The zero-order chi connectivity index (χ0) is 26.3. The van der Waals surface area contributed by atoms with Gasteiger partial charge < -0.3 is 18.9 Å². The molecule has 4 rings (SSSR count). The quantitative estimate of drug-likeness (QED) is 0.380. The van der Waals surface area contributed by atoms with E-state index in [1.54, 1.807) is 12.1 Å². The molecule has 0 bridgehead atoms. The normalized spacial score (nSPS) is 15.1. The maximum Gasteiger partial charge on any atom is 0.351 e. The van der Waals surface area contributed by atoms with Gasteiger partial charge in [0.1, 0.15) is 18.1 Å². The van der Waals surface area contributed by atoms with Gasteiger partial charge in [0.05, 0.1) is 34.4 Å². The molecule has 1 amide bonds. The second-order valence-electron chi connectivity index (χ2n) is 9.18. The summed E-state index contributed by atoms with van der Waals surface area (Å²) >= 11 is 0. The van der Waals surface area contributed by atoms with Crippen LogP contribution in [0.5, 0.6) is 23.0 Å². The highest BCUT2D eigenvalue weighted by molar-refractivity contribution is 5.71. The molecule has 0 aliphatic carbocycles. The average molecular weight is 510 g/mol. The highest BCUT2D eigenvalue weighted by Gasteiger charge is 2.40. The lowest BCUT2D eigenvalue weighted by Crippen LogP contribution is -2.62. The molecule has 0 unspecified atom stereocenters. The summed E-state index contributed by atoms with van der Waals surface area (Å²) in [5.41, 5.74) is 2.16. The van der Waals surface area contributed by atoms with Gasteiger partial charge in [-0.25, -0.2) is 9.18 Å². The molecule has 196 valence electrons. The van der Waals surface area contributed by atoms with E-state index in [0.29, 0.717) is 47.1 Å². The zero-order valence-corrected chi connectivity index (χ0v) is 21.6. The molecular formula is C29H34FN2O5+. The Bertz CT molecular complexity index is 1150. The van der Waals surface area contributed by atoms with E-state index in [0.717, 1.165) is 30.8 Å². The second kappa shape index (κ2) is 12.1. The monoisotopic (exact) mass is 509 g/mol. The summed E-state index contributed by atoms with van der Waals surface area (Å²) < 4.78 is 35.8. The maximum absolute atomic E-state index is 13.7. The summed E-state index contributed by atoms with van der Waals surface area (Å²) in [6.07, 6.45) is 0. The van der Waals surface area contributed by atoms with Gasteiger partial charge >= 0.3 is 5.91 Å². The van der Waals surface area contributed by atoms with Gasteiger partial charge in [-0.2, -0.15) is 0 Å². The fourth-order valence-corrected chi connectivity index (χ4v) is 4.75. The molecule has 0 atom stereocenters. The van der Waals surface area contributed by atoms with Crippen LogP contribution in [0.15, 0.2) is 66.7 Å². The summed E-state index contributed by atoms with van der Waals surface area (Å²) in [5.74, 6) is 1.64. The molecule has 0 saturated carbocycles. The van der Waals surface area contributed by atoms with E-state index in [-0.39, 0.29) is 18.3 Å². The van der Waals surface area contributed by atoms with Crippen LogP contribution in [0, 0.1) is 5.82 Å². The third-order valence-electron chi connectivity index (χ3n) is 6.87. The molecule has 8 heteroatoms. The average Bonchev–Trinajstić information content (AvgIpc) is 2.93. The van der Waals surface area contributed by atoms with Crippen molar-refractivity contribution in [2.24, 2.45) is 0 Å². The number of carbonyl (C=O) groups excluding carboxylic acids is 1. The highest BCUT2D eigenvalue weighted by Crippen LogP contribution is 2.40. The smallest absolute Gasteiger partial charge is 0.351 e. The van der Waals surface area contributed by atoms with Crippen molar-refractivity contribution in [2.75, 3.05) is 54.1 Å². The number of carbonyl (C=O) groups is 1. The number of benzene rings is 3. The second-order valence-corrected chi connectivity index (χ2v) is 9.18. The predicted molar refractivity (Wildman–Crippen MR) is 138 cm³/mol. The number of piperazine rings is 1. The molecule has 1 aliphatic rings. The van der Waals surface area contributed by atoms with E-state index < -0.39 is 0 Å². The first kappa shape index (κ1) is 26.4. The summed E-state index contributed by atoms with van der Waals surface area (Å²) in [7, 11) is 4.62. The largest absolute Gasteiger partial charge is 0.493 e. The fraction of sp³-hybridized carbons (Fsp3) is 0.345. The summed E-state index contributed by atoms with van der Waals surface area (Å²) in [5, 5.41) is 0. The van der Waals surface area contributed by atoms with Crippen LogP contribution in [0.4, 0.5) is 4.39 Å². The number of halogens is 1. The van der Waals surface area contributed by atoms with Crippen molar-refractivity contribution in [3.05, 3.63) is 83.7 Å². The summed E-state index contributed by atoms with van der Waals surface area (Å²) in [4.78, 5) is 16.0. The Morgan fingerprint density at radius 3 is 2.05 bits per heavy atom. The predicted octanol–water partition coefficient (Wildman–Crippen LogP) is 4.29. The molecule has 7 nitrogen and oxygen atoms in total. The van der Waals surface area contributed by atoms with Crippen molar-refractivity contribution in [3.8, 4) is 23.0 Å². The minimum Gasteiger partial charge on any atom is -0.493 e. The van der Waals surface area contributed by atoms with E-state index in [1.165, 1.54) is 33.5 Å². The van der Waals surface area contributed by atoms with Gasteiger partial charge in [0.2, 0.25) is 12.4 Å². The first-order chi connectivity index (χ1) is 18.0. The summed E-state index contributed by atoms with van der Waals surface area (Å²) in [6, 6.07) is 20.0. The van der Waals surface area contributed by atoms with E-state index in [2.05, 4.69) is 17.0 Å². The SMILES string of the molecule is COc1cc(OCC(=O)[N+]2(Cc3ccccc3)CCN(Cc3ccc(F)cc3)CC2)cc(OC)c1OC. The molecular weight excluding hydrogens is 475 g/mol. The molecule has 1 aliphatic heterocycles. The third-order valence-corrected chi connectivity index (χ3v) is 6.87. The Kier molecular flexibility index (Phi) is 8.63. The van der Waals surface area contributed by atoms with Crippen molar-refractivity contribution >= 4 is 5.91 Å². The van der Waals surface area contributed by atoms with Gasteiger partial charge in [0, 0.05) is 37.3 Å². The van der Waals surface area contributed by atoms with Gasteiger partial charge in [-0.05, 0) is 17.7 Å². The molecule has 0 radical (unpaired) electrons. The molecule has 3 aromatic rings. The van der Waals surface area contributed by atoms with E-state index in [1.807, 2.05) is 30.3 Å². The Labute approximate surface area is 217 Å². The van der Waals surface area contributed by atoms with Gasteiger partial charge in [-0.3, -0.25) is 9.38 Å². The lowest BCUT2D eigenvalue weighted by atomic mass is 10.1. The highest BCUT2D eigenvalue weighted by atomic mass is 19.1. The topological polar surface area (TPSA) is 57.2 Å². The molecule has 1 heterocycles. The lowest BCUT2D eigenvalue weighted by Gasteiger charge is -2.42. The molecule has 0 aromatic heterocycles. The van der Waals surface area contributed by atoms with Crippen LogP contribution in [0.3, 0.4) is 0 Å². The Morgan fingerprint density at radius 2 is 1.49 bits per heavy atom. The van der Waals surface area contributed by atoms with E-state index in [9.17, 15) is 9.18 Å². The number of hydrogen-bond donors (Lipinski definition) is 0. The van der Waals surface area contributed by atoms with Crippen LogP contribution < -0.4 is 18.9 Å². The number of nitrogens with zero attached hydrogens (tertiary/aromatic N) is 2. The van der Waals surface area contributed by atoms with Crippen molar-refractivity contribution in [3.63, 3.8) is 0 Å². The van der Waals surface area contributed by atoms with Crippen LogP contribution in [0.1, 0.15) is 11.1 Å². The van der Waals surface area contributed by atoms with Gasteiger partial charge in [0.25, 0.3) is 0 Å². The minimum absolute atomic E-state index is 0.0130. The van der Waals surface area contributed by atoms with Crippen molar-refractivity contribution in [1.29, 1.82) is 0 Å². The molecule has 3 aromatic carbocycles. The Hall–Kier alpha value is -3.62. The third kappa shape index (κ3) is 6.39. The van der Waals surface area contributed by atoms with Crippen molar-refractivity contribution in [2.45, 2.75) is 13.1 Å². The van der Waals surface area contributed by atoms with Crippen molar-refractivity contribution < 1.29 is 32.6 Å². The van der Waals surface area contributed by atoms with Gasteiger partial charge in [0.15, 0.2) is 11.5 Å². The summed E-state index contributed by atoms with van der Waals surface area (Å²) in [6.45, 7) is 4.06. The van der Waals surface area contributed by atoms with Crippen LogP contribution in [-0.2, 0) is 17.9 Å². The molecule has 0 spiro atoms. The zero-order valence-electron chi connectivity index (χ0n) is 21.6. The fourth-order valence-electron chi connectivity index (χ4n) is 4.75. The molecule has 1 saturated heterocycles. The van der Waals surface area contributed by atoms with Crippen LogP contribution >= 0.6 is 0 Å². The van der Waals surface area contributed by atoms with Crippen LogP contribution in [0.2, 0.25) is 0 Å². The number of amides is 1. The molecule has 37 heavy (non-hydrogen) atoms. The number of methoxy groups -OCH3 is 3. The van der Waals surface area contributed by atoms with Gasteiger partial charge in [-0.15, -0.1) is 0 Å². The number of rotatable bonds is 10. The Balaban J connectivity index is 1.48. The first-order valence-electron chi connectivity index (χ1n) is 12.3. The molecule has 1 fully saturated rings. The molecule has 0 N–H and O–H groups in total. The number of hydrogen-bond acceptors (Lipinski definition) is 6. The number of ether oxygens (including phenoxy) is 4. The minimum atomic E-state index is -0.237. The van der Waals surface area contributed by atoms with Gasteiger partial charge in [-0.1, -0.05) is 42.5 Å². The Morgan fingerprint density at radius 1 is 0.865 bits per heavy atom. The lowest BCUT2D eigenvalue weighted by molar-refractivity contribution is -0.872. The van der Waals surface area contributed by atoms with E-state index >= 15 is 0 Å². The standard InChI is InChI=1S/C29H34FN2O5/c1-34-26-17-25(18-27(35-2)29(26)36-3)37-21-28(33)32(20-23-7-5-4-6-8-23)15-13-31(14-16-32)19-22-9-11-24(30)12-10-22/h4-12,17-18H,13-16,19-21H2,1-3H3/q+1. The van der Waals surface area contributed by atoms with E-state index in [4.69, 9.17) is 18.9 Å². The van der Waals surface area contributed by atoms with Crippen molar-refractivity contribution in [1.82, 2.24) is 4.90 Å². The first-order valence-corrected chi connectivity index (χ1v) is 12.3. The maximum atomic E-state index is 13.7. The number of quaternary nitrogens is 1. The van der Waals surface area contributed by atoms with Crippen LogP contribution in [-0.4, -0.2) is 69.4 Å².